The standard InChI is InChI=1S/C18H20N6O3/c1-2-3-9-26-17(25)14-6-4-5-13(10-14)16-8-7-15(27-16)11-20-22-18-23-21-12-24(18)19/h4-8,10,12H,2-3,9,11,19H2,1H3. The number of ether oxygens (including phenoxy) is 1. The molecule has 0 aliphatic rings. The van der Waals surface area contributed by atoms with Crippen LogP contribution in [0.3, 0.4) is 0 Å². The smallest absolute Gasteiger partial charge is 0.338 e. The van der Waals surface area contributed by atoms with Crippen LogP contribution in [-0.2, 0) is 11.3 Å². The Labute approximate surface area is 155 Å². The van der Waals surface area contributed by atoms with Gasteiger partial charge in [-0.05, 0) is 30.7 Å². The van der Waals surface area contributed by atoms with Crippen molar-refractivity contribution in [1.29, 1.82) is 0 Å². The molecule has 140 valence electrons. The van der Waals surface area contributed by atoms with Crippen LogP contribution in [-0.4, -0.2) is 27.4 Å². The number of nitrogens with two attached hydrogens (primary N) is 1. The number of carbonyl (C=O) groups excluding carboxylic acids is 1. The predicted molar refractivity (Wildman–Crippen MR) is 97.7 cm³/mol. The number of azo groups is 1. The van der Waals surface area contributed by atoms with E-state index in [9.17, 15) is 4.79 Å². The van der Waals surface area contributed by atoms with Crippen LogP contribution in [0.2, 0.25) is 0 Å². The van der Waals surface area contributed by atoms with E-state index in [-0.39, 0.29) is 18.5 Å². The lowest BCUT2D eigenvalue weighted by atomic mass is 10.1. The maximum atomic E-state index is 12.1. The Bertz CT molecular complexity index is 931. The van der Waals surface area contributed by atoms with E-state index in [0.29, 0.717) is 23.7 Å². The number of rotatable bonds is 8. The molecular formula is C18H20N6O3. The lowest BCUT2D eigenvalue weighted by molar-refractivity contribution is 0.0500. The molecule has 0 spiro atoms. The number of aromatic nitrogens is 3. The Hall–Kier alpha value is -3.49. The summed E-state index contributed by atoms with van der Waals surface area (Å²) in [6.45, 7) is 2.70. The topological polar surface area (TPSA) is 121 Å². The molecule has 0 unspecified atom stereocenters. The van der Waals surface area contributed by atoms with E-state index in [1.165, 1.54) is 11.0 Å². The molecule has 2 heterocycles. The predicted octanol–water partition coefficient (Wildman–Crippen LogP) is 3.49. The lowest BCUT2D eigenvalue weighted by Crippen LogP contribution is -2.06. The fourth-order valence-corrected chi connectivity index (χ4v) is 2.29. The van der Waals surface area contributed by atoms with Gasteiger partial charge in [-0.15, -0.1) is 15.3 Å². The molecule has 1 aromatic carbocycles. The third-order valence-electron chi connectivity index (χ3n) is 3.72. The van der Waals surface area contributed by atoms with Gasteiger partial charge in [0.05, 0.1) is 12.2 Å². The van der Waals surface area contributed by atoms with Crippen molar-refractivity contribution in [3.05, 3.63) is 54.0 Å². The summed E-state index contributed by atoms with van der Waals surface area (Å²) in [5, 5.41) is 15.2. The van der Waals surface area contributed by atoms with Gasteiger partial charge in [0.2, 0.25) is 0 Å². The Kier molecular flexibility index (Phi) is 5.93. The van der Waals surface area contributed by atoms with Crippen LogP contribution in [0.4, 0.5) is 5.95 Å². The minimum atomic E-state index is -0.336. The van der Waals surface area contributed by atoms with Crippen LogP contribution in [0.15, 0.2) is 57.4 Å². The van der Waals surface area contributed by atoms with Crippen molar-refractivity contribution in [3.8, 4) is 11.3 Å². The fraction of sp³-hybridized carbons (Fsp3) is 0.278. The van der Waals surface area contributed by atoms with Gasteiger partial charge in [0, 0.05) is 5.56 Å². The molecule has 0 aliphatic heterocycles. The maximum absolute atomic E-state index is 12.1. The highest BCUT2D eigenvalue weighted by atomic mass is 16.5. The molecule has 0 amide bonds. The van der Waals surface area contributed by atoms with Crippen LogP contribution in [0.5, 0.6) is 0 Å². The number of esters is 1. The molecule has 0 saturated carbocycles. The summed E-state index contributed by atoms with van der Waals surface area (Å²) in [6.07, 6.45) is 3.16. The lowest BCUT2D eigenvalue weighted by Gasteiger charge is -2.05. The summed E-state index contributed by atoms with van der Waals surface area (Å²) in [5.41, 5.74) is 1.27. The van der Waals surface area contributed by atoms with Gasteiger partial charge in [0.25, 0.3) is 5.95 Å². The number of carbonyl (C=O) groups is 1. The normalized spacial score (nSPS) is 11.1. The largest absolute Gasteiger partial charge is 0.462 e. The Balaban J connectivity index is 1.65. The number of nitrogen functional groups attached to an aromatic ring is 1. The fourth-order valence-electron chi connectivity index (χ4n) is 2.29. The third kappa shape index (κ3) is 4.78. The zero-order valence-corrected chi connectivity index (χ0v) is 14.9. The zero-order chi connectivity index (χ0) is 19.1. The average Bonchev–Trinajstić information content (AvgIpc) is 3.31. The van der Waals surface area contributed by atoms with Crippen molar-refractivity contribution in [2.75, 3.05) is 12.4 Å². The molecule has 3 aromatic rings. The maximum Gasteiger partial charge on any atom is 0.338 e. The van der Waals surface area contributed by atoms with Gasteiger partial charge >= 0.3 is 5.97 Å². The Morgan fingerprint density at radius 2 is 2.22 bits per heavy atom. The van der Waals surface area contributed by atoms with Gasteiger partial charge in [-0.3, -0.25) is 0 Å². The van der Waals surface area contributed by atoms with Crippen molar-refractivity contribution in [1.82, 2.24) is 14.9 Å². The number of benzene rings is 1. The monoisotopic (exact) mass is 368 g/mol. The molecule has 0 fully saturated rings. The molecule has 0 bridgehead atoms. The molecule has 2 N–H and O–H groups in total. The number of hydrogen-bond acceptors (Lipinski definition) is 8. The summed E-state index contributed by atoms with van der Waals surface area (Å²) < 4.78 is 12.2. The van der Waals surface area contributed by atoms with E-state index >= 15 is 0 Å². The van der Waals surface area contributed by atoms with Gasteiger partial charge < -0.3 is 15.0 Å². The summed E-state index contributed by atoms with van der Waals surface area (Å²) >= 11 is 0. The SMILES string of the molecule is CCCCOC(=O)c1cccc(-c2ccc(CN=Nc3nncn3N)o2)c1. The van der Waals surface area contributed by atoms with E-state index in [0.717, 1.165) is 18.4 Å². The molecule has 9 heteroatoms. The van der Waals surface area contributed by atoms with Crippen LogP contribution in [0.1, 0.15) is 35.9 Å². The highest BCUT2D eigenvalue weighted by molar-refractivity contribution is 5.90. The van der Waals surface area contributed by atoms with Crippen LogP contribution in [0.25, 0.3) is 11.3 Å². The number of unbranched alkanes of at least 4 members (excludes halogenated alkanes) is 1. The van der Waals surface area contributed by atoms with Gasteiger partial charge in [0.1, 0.15) is 24.4 Å². The first-order chi connectivity index (χ1) is 13.2. The van der Waals surface area contributed by atoms with Crippen molar-refractivity contribution < 1.29 is 13.9 Å². The zero-order valence-electron chi connectivity index (χ0n) is 14.9. The summed E-state index contributed by atoms with van der Waals surface area (Å²) in [4.78, 5) is 12.1. The second kappa shape index (κ2) is 8.75. The van der Waals surface area contributed by atoms with Crippen LogP contribution in [0, 0.1) is 0 Å². The molecule has 2 aromatic heterocycles. The molecule has 0 atom stereocenters. The summed E-state index contributed by atoms with van der Waals surface area (Å²) in [5.74, 6) is 6.67. The van der Waals surface area contributed by atoms with Crippen molar-refractivity contribution >= 4 is 11.9 Å². The molecule has 9 nitrogen and oxygen atoms in total. The average molecular weight is 368 g/mol. The van der Waals surface area contributed by atoms with Gasteiger partial charge in [-0.2, -0.15) is 5.11 Å². The second-order valence-electron chi connectivity index (χ2n) is 5.77. The minimum absolute atomic E-state index is 0.205. The Morgan fingerprint density at radius 1 is 1.33 bits per heavy atom. The number of hydrogen-bond donors (Lipinski definition) is 1. The van der Waals surface area contributed by atoms with E-state index in [4.69, 9.17) is 15.0 Å². The highest BCUT2D eigenvalue weighted by Crippen LogP contribution is 2.24. The van der Waals surface area contributed by atoms with E-state index < -0.39 is 0 Å². The van der Waals surface area contributed by atoms with Crippen molar-refractivity contribution in [2.24, 2.45) is 10.2 Å². The van der Waals surface area contributed by atoms with Gasteiger partial charge in [-0.1, -0.05) is 25.5 Å². The second-order valence-corrected chi connectivity index (χ2v) is 5.77. The van der Waals surface area contributed by atoms with Crippen molar-refractivity contribution in [2.45, 2.75) is 26.3 Å². The molecule has 0 aliphatic carbocycles. The number of furan rings is 1. The summed E-state index contributed by atoms with van der Waals surface area (Å²) in [6, 6.07) is 10.7. The first-order valence-electron chi connectivity index (χ1n) is 8.56. The van der Waals surface area contributed by atoms with E-state index in [1.54, 1.807) is 24.3 Å². The van der Waals surface area contributed by atoms with E-state index in [2.05, 4.69) is 20.4 Å². The van der Waals surface area contributed by atoms with Crippen molar-refractivity contribution in [3.63, 3.8) is 0 Å². The minimum Gasteiger partial charge on any atom is -0.462 e. The van der Waals surface area contributed by atoms with Gasteiger partial charge in [0.15, 0.2) is 0 Å². The first kappa shape index (κ1) is 18.3. The van der Waals surface area contributed by atoms with Gasteiger partial charge in [-0.25, -0.2) is 9.47 Å². The molecule has 3 rings (SSSR count). The third-order valence-corrected chi connectivity index (χ3v) is 3.72. The highest BCUT2D eigenvalue weighted by Gasteiger charge is 2.10. The van der Waals surface area contributed by atoms with Crippen LogP contribution >= 0.6 is 0 Å². The Morgan fingerprint density at radius 3 is 3.00 bits per heavy atom. The number of nitrogens with zero attached hydrogens (tertiary/aromatic N) is 5. The summed E-state index contributed by atoms with van der Waals surface area (Å²) in [7, 11) is 0. The molecule has 0 radical (unpaired) electrons. The molecule has 0 saturated heterocycles. The first-order valence-corrected chi connectivity index (χ1v) is 8.56. The van der Waals surface area contributed by atoms with Crippen LogP contribution < -0.4 is 5.84 Å². The quantitative estimate of drug-likeness (QED) is 0.281. The van der Waals surface area contributed by atoms with E-state index in [1.807, 2.05) is 19.1 Å². The molecule has 27 heavy (non-hydrogen) atoms. The molecular weight excluding hydrogens is 348 g/mol.